The zero-order chi connectivity index (χ0) is 64.1. The molecular formula is C60H60Cl4N14O9S2. The molecule has 89 heavy (non-hydrogen) atoms. The van der Waals surface area contributed by atoms with Gasteiger partial charge in [0.1, 0.15) is 35.8 Å². The lowest BCUT2D eigenvalue weighted by atomic mass is 9.91. The van der Waals surface area contributed by atoms with Crippen molar-refractivity contribution in [2.24, 2.45) is 5.73 Å². The van der Waals surface area contributed by atoms with Crippen LogP contribution in [0.25, 0.3) is 22.3 Å². The summed E-state index contributed by atoms with van der Waals surface area (Å²) in [7, 11) is -8.56. The molecule has 2 fully saturated rings. The molecule has 0 aliphatic carbocycles. The number of carboxylic acids is 1. The molecule has 3 amide bonds. The summed E-state index contributed by atoms with van der Waals surface area (Å²) < 4.78 is 60.7. The molecule has 12 rings (SSSR count). The first-order chi connectivity index (χ1) is 42.1. The van der Waals surface area contributed by atoms with Gasteiger partial charge in [-0.2, -0.15) is 8.61 Å². The van der Waals surface area contributed by atoms with Crippen LogP contribution in [0.2, 0.25) is 20.1 Å². The van der Waals surface area contributed by atoms with E-state index in [0.717, 1.165) is 48.2 Å². The number of aromatic nitrogens is 8. The van der Waals surface area contributed by atoms with E-state index >= 15 is 0 Å². The summed E-state index contributed by atoms with van der Waals surface area (Å²) in [4.78, 5) is 80.7. The van der Waals surface area contributed by atoms with E-state index in [1.165, 1.54) is 56.0 Å². The molecule has 4 aromatic carbocycles. The van der Waals surface area contributed by atoms with Gasteiger partial charge in [0.15, 0.2) is 10.1 Å². The fraction of sp³-hybridized carbons (Fsp3) is 0.300. The molecule has 4 atom stereocenters. The van der Waals surface area contributed by atoms with Crippen molar-refractivity contribution < 1.29 is 41.1 Å². The van der Waals surface area contributed by atoms with Gasteiger partial charge in [0.05, 0.1) is 23.8 Å². The second-order valence-corrected chi connectivity index (χ2v) is 28.1. The first-order valence-electron chi connectivity index (χ1n) is 27.9. The Labute approximate surface area is 533 Å². The minimum Gasteiger partial charge on any atom is -0.480 e. The van der Waals surface area contributed by atoms with Crippen molar-refractivity contribution in [2.45, 2.75) is 113 Å². The lowest BCUT2D eigenvalue weighted by molar-refractivity contribution is -0.144. The lowest BCUT2D eigenvalue weighted by Crippen LogP contribution is -2.59. The number of hydrogen-bond acceptors (Lipinski definition) is 15. The smallest absolute Gasteiger partial charge is 0.322 e. The highest BCUT2D eigenvalue weighted by atomic mass is 35.5. The van der Waals surface area contributed by atoms with Gasteiger partial charge in [0.2, 0.25) is 17.8 Å². The largest absolute Gasteiger partial charge is 0.480 e. The zero-order valence-electron chi connectivity index (χ0n) is 48.7. The summed E-state index contributed by atoms with van der Waals surface area (Å²) in [5.74, 6) is -2.30. The maximum absolute atomic E-state index is 14.4. The maximum atomic E-state index is 14.4. The van der Waals surface area contributed by atoms with Gasteiger partial charge in [-0.1, -0.05) is 109 Å². The Morgan fingerprint density at radius 2 is 0.933 bits per heavy atom. The van der Waals surface area contributed by atoms with Crippen molar-refractivity contribution >= 4 is 113 Å². The summed E-state index contributed by atoms with van der Waals surface area (Å²) in [6, 6.07) is 22.4. The van der Waals surface area contributed by atoms with E-state index in [1.54, 1.807) is 56.8 Å². The summed E-state index contributed by atoms with van der Waals surface area (Å²) in [5, 5.41) is 13.0. The molecule has 0 radical (unpaired) electrons. The van der Waals surface area contributed by atoms with E-state index in [0.29, 0.717) is 33.9 Å². The van der Waals surface area contributed by atoms with Gasteiger partial charge in [-0.15, -0.1) is 0 Å². The zero-order valence-corrected chi connectivity index (χ0v) is 53.4. The number of sulfonamides is 2. The number of fused-ring (bicyclic) bond motifs is 2. The fourth-order valence-electron chi connectivity index (χ4n) is 11.0. The molecule has 4 aliphatic rings. The van der Waals surface area contributed by atoms with Crippen molar-refractivity contribution in [1.29, 1.82) is 0 Å². The third-order valence-corrected chi connectivity index (χ3v) is 19.9. The molecule has 29 heteroatoms. The standard InChI is InChI=1S/C30H29Cl2N7O4S.C27H22Cl2N6O5S.C3H9N/c1-18(2)36-27(40)25-8-9-37(25)44(42,43)26-16-35-29-38(24-11-22(31)10-23(32)12-24)28(41)30(3,39(26)29)13-19-4-6-20(7-5-19)21-14-33-17-34-15-21;1-27(11-16-2-4-17(5-3-16)18-12-30-15-31-13-18)25(38)34(21-9-19(28)8-20(29)10-21)26-32-14-23(35(26)27)41(39,40)33-7-6-22(33)24(36)37;1-3(2)4/h4-7,10-12,14-18,25H,8-9,13H2,1-3H3,(H,36,40);2-5,8-10,12-15,22H,6-7,11H2,1H3,(H,36,37);3H,4H2,1-2H3/t25-,30+;22-,27+;/m00./s1. The van der Waals surface area contributed by atoms with E-state index in [1.807, 2.05) is 76.2 Å². The van der Waals surface area contributed by atoms with Crippen LogP contribution in [0.15, 0.2) is 145 Å². The van der Waals surface area contributed by atoms with Crippen LogP contribution in [0, 0.1) is 0 Å². The average Bonchev–Trinajstić information content (AvgIpc) is 1.59. The normalized spacial score (nSPS) is 19.8. The lowest BCUT2D eigenvalue weighted by Gasteiger charge is -2.39. The second-order valence-electron chi connectivity index (χ2n) is 22.6. The number of nitrogens with one attached hydrogen (secondary N) is 1. The van der Waals surface area contributed by atoms with Crippen molar-refractivity contribution in [3.05, 3.63) is 166 Å². The first kappa shape index (κ1) is 64.3. The van der Waals surface area contributed by atoms with Gasteiger partial charge in [-0.05, 0) is 105 Å². The van der Waals surface area contributed by atoms with Crippen LogP contribution < -0.4 is 20.9 Å². The van der Waals surface area contributed by atoms with Crippen molar-refractivity contribution in [3.8, 4) is 22.3 Å². The SMILES string of the molecule is CC(C)N.CC(C)NC(=O)[C@@H]1CCN1S(=O)(=O)c1cnc2n1[C@](C)(Cc1ccc(-c3cncnc3)cc1)C(=O)N2c1cc(Cl)cc(Cl)c1.C[C@@]1(Cc2ccc(-c3cncnc3)cc2)C(=O)N(c2cc(Cl)cc(Cl)c2)c2ncc(S(=O)(=O)N3CC[C@H]3C(=O)O)n21. The van der Waals surface area contributed by atoms with Crippen LogP contribution in [0.1, 0.15) is 65.5 Å². The van der Waals surface area contributed by atoms with Crippen LogP contribution in [-0.4, -0.2) is 131 Å². The Bertz CT molecular complexity index is 4220. The number of nitrogens with zero attached hydrogens (tertiary/aromatic N) is 12. The Morgan fingerprint density at radius 1 is 0.584 bits per heavy atom. The summed E-state index contributed by atoms with van der Waals surface area (Å²) in [5.41, 5.74) is 7.87. The molecule has 0 spiro atoms. The molecule has 0 bridgehead atoms. The number of benzene rings is 4. The van der Waals surface area contributed by atoms with Crippen LogP contribution >= 0.6 is 46.4 Å². The number of carboxylic acid groups (broad SMARTS) is 1. The van der Waals surface area contributed by atoms with E-state index in [4.69, 9.17) is 52.1 Å². The highest BCUT2D eigenvalue weighted by Gasteiger charge is 2.56. The highest BCUT2D eigenvalue weighted by Crippen LogP contribution is 2.48. The van der Waals surface area contributed by atoms with Crippen LogP contribution in [-0.2, 0) is 63.1 Å². The Morgan fingerprint density at radius 3 is 1.25 bits per heavy atom. The quantitative estimate of drug-likeness (QED) is 0.0862. The molecule has 23 nitrogen and oxygen atoms in total. The van der Waals surface area contributed by atoms with E-state index in [2.05, 4.69) is 35.2 Å². The minimum atomic E-state index is -4.32. The van der Waals surface area contributed by atoms with E-state index in [9.17, 15) is 41.1 Å². The van der Waals surface area contributed by atoms with Crippen LogP contribution in [0.3, 0.4) is 0 Å². The van der Waals surface area contributed by atoms with Crippen molar-refractivity contribution in [1.82, 2.24) is 53.0 Å². The van der Waals surface area contributed by atoms with E-state index in [-0.39, 0.29) is 76.3 Å². The van der Waals surface area contributed by atoms with Crippen LogP contribution in [0.4, 0.5) is 23.3 Å². The Kier molecular flexibility index (Phi) is 18.3. The molecule has 8 heterocycles. The number of carbonyl (C=O) groups excluding carboxylic acids is 3. The summed E-state index contributed by atoms with van der Waals surface area (Å²) >= 11 is 25.1. The average molecular weight is 1330 g/mol. The van der Waals surface area contributed by atoms with Gasteiger partial charge in [-0.25, -0.2) is 56.5 Å². The number of amides is 3. The molecule has 2 saturated heterocycles. The minimum absolute atomic E-state index is 0.0444. The Hall–Kier alpha value is -7.72. The molecule has 464 valence electrons. The third-order valence-electron chi connectivity index (χ3n) is 15.2. The predicted octanol–water partition coefficient (Wildman–Crippen LogP) is 9.05. The molecule has 0 unspecified atom stereocenters. The van der Waals surface area contributed by atoms with Gasteiger partial charge in [0, 0.05) is 88.0 Å². The predicted molar refractivity (Wildman–Crippen MR) is 336 cm³/mol. The van der Waals surface area contributed by atoms with Gasteiger partial charge < -0.3 is 16.2 Å². The second kappa shape index (κ2) is 25.3. The van der Waals surface area contributed by atoms with Gasteiger partial charge in [0.25, 0.3) is 31.9 Å². The maximum Gasteiger partial charge on any atom is 0.322 e. The van der Waals surface area contributed by atoms with Crippen LogP contribution in [0.5, 0.6) is 0 Å². The third kappa shape index (κ3) is 12.5. The molecule has 4 aliphatic heterocycles. The number of nitrogens with two attached hydrogens (primary N) is 1. The highest BCUT2D eigenvalue weighted by molar-refractivity contribution is 7.89. The fourth-order valence-corrected chi connectivity index (χ4v) is 15.6. The number of halogens is 4. The monoisotopic (exact) mass is 1320 g/mol. The summed E-state index contributed by atoms with van der Waals surface area (Å²) in [6.45, 7) is 11.0. The number of rotatable bonds is 15. The molecule has 4 aromatic heterocycles. The van der Waals surface area contributed by atoms with Crippen molar-refractivity contribution in [3.63, 3.8) is 0 Å². The number of aliphatic carboxylic acids is 1. The van der Waals surface area contributed by atoms with Gasteiger partial charge in [-0.3, -0.25) is 28.3 Å². The van der Waals surface area contributed by atoms with Gasteiger partial charge >= 0.3 is 5.97 Å². The van der Waals surface area contributed by atoms with Crippen molar-refractivity contribution in [2.75, 3.05) is 22.9 Å². The molecule has 8 aromatic rings. The first-order valence-corrected chi connectivity index (χ1v) is 32.3. The topological polar surface area (TPSA) is 295 Å². The molecule has 4 N–H and O–H groups in total. The molecule has 0 saturated carbocycles. The number of anilines is 4. The van der Waals surface area contributed by atoms with E-state index < -0.39 is 61.0 Å². The number of imidazole rings is 2. The summed E-state index contributed by atoms with van der Waals surface area (Å²) in [6.07, 6.45) is 12.9. The number of hydrogen-bond donors (Lipinski definition) is 3. The Balaban J connectivity index is 0.000000186. The molecular weight excluding hydrogens is 1270 g/mol. The number of carbonyl (C=O) groups is 4.